The lowest BCUT2D eigenvalue weighted by Crippen LogP contribution is -2.21. The Balaban J connectivity index is 1.88. The molecule has 126 valence electrons. The molecule has 2 N–H and O–H groups in total. The molecule has 1 atom stereocenters. The van der Waals surface area contributed by atoms with E-state index in [-0.39, 0.29) is 11.5 Å². The van der Waals surface area contributed by atoms with Gasteiger partial charge >= 0.3 is 0 Å². The highest BCUT2D eigenvalue weighted by Crippen LogP contribution is 2.19. The van der Waals surface area contributed by atoms with Crippen LogP contribution in [0.4, 0.5) is 0 Å². The molecule has 0 aliphatic rings. The van der Waals surface area contributed by atoms with Crippen molar-refractivity contribution in [3.8, 4) is 0 Å². The fourth-order valence-corrected chi connectivity index (χ4v) is 3.16. The van der Waals surface area contributed by atoms with Crippen molar-refractivity contribution in [3.63, 3.8) is 0 Å². The van der Waals surface area contributed by atoms with E-state index < -0.39 is 0 Å². The molecular weight excluding hydrogens is 300 g/mol. The third-order valence-electron chi connectivity index (χ3n) is 4.53. The fraction of sp³-hybridized carbons (Fsp3) is 0.368. The van der Waals surface area contributed by atoms with E-state index in [1.165, 1.54) is 0 Å². The summed E-state index contributed by atoms with van der Waals surface area (Å²) in [5, 5.41) is 8.54. The number of benzene rings is 1. The van der Waals surface area contributed by atoms with Crippen molar-refractivity contribution < 1.29 is 0 Å². The van der Waals surface area contributed by atoms with Crippen molar-refractivity contribution >= 4 is 10.9 Å². The molecule has 0 radical (unpaired) electrons. The normalized spacial score (nSPS) is 12.7. The lowest BCUT2D eigenvalue weighted by Gasteiger charge is -2.16. The van der Waals surface area contributed by atoms with Crippen LogP contribution in [0.15, 0.2) is 35.4 Å². The summed E-state index contributed by atoms with van der Waals surface area (Å²) in [4.78, 5) is 15.9. The lowest BCUT2D eigenvalue weighted by atomic mass is 10.0. The van der Waals surface area contributed by atoms with Crippen LogP contribution in [0.25, 0.3) is 10.9 Å². The van der Waals surface area contributed by atoms with Gasteiger partial charge in [0.2, 0.25) is 0 Å². The molecule has 1 aromatic carbocycles. The van der Waals surface area contributed by atoms with Gasteiger partial charge in [-0.05, 0) is 31.4 Å². The van der Waals surface area contributed by atoms with Crippen LogP contribution in [-0.2, 0) is 13.6 Å². The number of fused-ring (bicyclic) bond motifs is 1. The van der Waals surface area contributed by atoms with Gasteiger partial charge in [-0.15, -0.1) is 0 Å². The van der Waals surface area contributed by atoms with Crippen LogP contribution in [0, 0.1) is 13.8 Å². The summed E-state index contributed by atoms with van der Waals surface area (Å²) in [5.74, 6) is 0. The van der Waals surface area contributed by atoms with Crippen LogP contribution in [0.5, 0.6) is 0 Å². The van der Waals surface area contributed by atoms with Crippen molar-refractivity contribution in [1.29, 1.82) is 0 Å². The molecule has 0 amide bonds. The van der Waals surface area contributed by atoms with Gasteiger partial charge in [0.25, 0.3) is 0 Å². The van der Waals surface area contributed by atoms with Crippen LogP contribution >= 0.6 is 0 Å². The molecule has 0 unspecified atom stereocenters. The molecule has 0 aliphatic carbocycles. The van der Waals surface area contributed by atoms with Crippen molar-refractivity contribution in [3.05, 3.63) is 63.2 Å². The molecular formula is C19H24N4O. The van der Waals surface area contributed by atoms with Crippen molar-refractivity contribution in [2.24, 2.45) is 7.05 Å². The molecule has 24 heavy (non-hydrogen) atoms. The first kappa shape index (κ1) is 16.5. The van der Waals surface area contributed by atoms with Crippen LogP contribution in [0.3, 0.4) is 0 Å². The minimum atomic E-state index is 0.0798. The number of aromatic amines is 1. The fourth-order valence-electron chi connectivity index (χ4n) is 3.16. The van der Waals surface area contributed by atoms with E-state index in [4.69, 9.17) is 0 Å². The van der Waals surface area contributed by atoms with E-state index in [0.29, 0.717) is 6.54 Å². The number of hydrogen-bond acceptors (Lipinski definition) is 3. The Labute approximate surface area is 141 Å². The van der Waals surface area contributed by atoms with Crippen molar-refractivity contribution in [2.45, 2.75) is 39.8 Å². The number of aryl methyl sites for hydroxylation is 3. The van der Waals surface area contributed by atoms with Gasteiger partial charge in [-0.3, -0.25) is 9.48 Å². The summed E-state index contributed by atoms with van der Waals surface area (Å²) in [6.45, 7) is 6.76. The highest BCUT2D eigenvalue weighted by Gasteiger charge is 2.12. The minimum Gasteiger partial charge on any atom is -0.357 e. The molecule has 0 spiro atoms. The standard InChI is InChI=1S/C19H24N4O/c1-5-16(14-9-21-23(4)11-14)20-10-15-8-17(24)18-12(2)6-7-13(3)19(18)22-15/h6-9,11,16,20H,5,10H2,1-4H3,(H,22,24)/t16-/m1/s1. The van der Waals surface area contributed by atoms with Crippen molar-refractivity contribution in [1.82, 2.24) is 20.1 Å². The molecule has 0 saturated carbocycles. The summed E-state index contributed by atoms with van der Waals surface area (Å²) in [6, 6.07) is 5.98. The maximum absolute atomic E-state index is 12.5. The molecule has 0 aliphatic heterocycles. The van der Waals surface area contributed by atoms with Gasteiger partial charge < -0.3 is 10.3 Å². The average molecular weight is 324 g/mol. The first-order valence-electron chi connectivity index (χ1n) is 8.33. The van der Waals surface area contributed by atoms with Gasteiger partial charge in [-0.2, -0.15) is 5.10 Å². The number of aromatic nitrogens is 3. The van der Waals surface area contributed by atoms with Crippen LogP contribution < -0.4 is 10.7 Å². The first-order valence-corrected chi connectivity index (χ1v) is 8.33. The van der Waals surface area contributed by atoms with E-state index in [1.54, 1.807) is 6.07 Å². The Morgan fingerprint density at radius 2 is 2.04 bits per heavy atom. The maximum atomic E-state index is 12.5. The van der Waals surface area contributed by atoms with Gasteiger partial charge in [0.05, 0.1) is 11.7 Å². The monoisotopic (exact) mass is 324 g/mol. The number of H-pyrrole nitrogens is 1. The largest absolute Gasteiger partial charge is 0.357 e. The predicted octanol–water partition coefficient (Wildman–Crippen LogP) is 3.12. The van der Waals surface area contributed by atoms with Gasteiger partial charge in [0, 0.05) is 48.5 Å². The molecule has 0 saturated heterocycles. The molecule has 5 heteroatoms. The van der Waals surface area contributed by atoms with E-state index in [9.17, 15) is 4.79 Å². The molecule has 2 heterocycles. The maximum Gasteiger partial charge on any atom is 0.189 e. The number of pyridine rings is 1. The van der Waals surface area contributed by atoms with E-state index in [0.717, 1.165) is 39.7 Å². The summed E-state index contributed by atoms with van der Waals surface area (Å²) in [6.07, 6.45) is 4.87. The second kappa shape index (κ2) is 6.61. The van der Waals surface area contributed by atoms with E-state index >= 15 is 0 Å². The van der Waals surface area contributed by atoms with E-state index in [1.807, 2.05) is 44.0 Å². The number of hydrogen-bond donors (Lipinski definition) is 2. The first-order chi connectivity index (χ1) is 11.5. The molecule has 3 aromatic rings. The van der Waals surface area contributed by atoms with Crippen molar-refractivity contribution in [2.75, 3.05) is 0 Å². The van der Waals surface area contributed by atoms with E-state index in [2.05, 4.69) is 28.4 Å². The van der Waals surface area contributed by atoms with Gasteiger partial charge in [-0.1, -0.05) is 19.1 Å². The van der Waals surface area contributed by atoms with Gasteiger partial charge in [0.15, 0.2) is 5.43 Å². The second-order valence-electron chi connectivity index (χ2n) is 6.40. The Morgan fingerprint density at radius 3 is 2.71 bits per heavy atom. The Morgan fingerprint density at radius 1 is 1.29 bits per heavy atom. The SMILES string of the molecule is CC[C@@H](NCc1cc(=O)c2c(C)ccc(C)c2[nH]1)c1cnn(C)c1. The summed E-state index contributed by atoms with van der Waals surface area (Å²) < 4.78 is 1.81. The molecule has 0 fully saturated rings. The third kappa shape index (κ3) is 3.12. The number of nitrogens with zero attached hydrogens (tertiary/aromatic N) is 2. The quantitative estimate of drug-likeness (QED) is 0.758. The minimum absolute atomic E-state index is 0.0798. The summed E-state index contributed by atoms with van der Waals surface area (Å²) >= 11 is 0. The molecule has 0 bridgehead atoms. The molecule has 3 rings (SSSR count). The number of rotatable bonds is 5. The van der Waals surface area contributed by atoms with Crippen LogP contribution in [0.2, 0.25) is 0 Å². The zero-order valence-corrected chi connectivity index (χ0v) is 14.7. The Hall–Kier alpha value is -2.40. The smallest absolute Gasteiger partial charge is 0.189 e. The van der Waals surface area contributed by atoms with Crippen LogP contribution in [-0.4, -0.2) is 14.8 Å². The van der Waals surface area contributed by atoms with Gasteiger partial charge in [-0.25, -0.2) is 0 Å². The zero-order valence-electron chi connectivity index (χ0n) is 14.7. The average Bonchev–Trinajstić information content (AvgIpc) is 2.98. The Kier molecular flexibility index (Phi) is 4.53. The second-order valence-corrected chi connectivity index (χ2v) is 6.40. The van der Waals surface area contributed by atoms with Crippen LogP contribution in [0.1, 0.15) is 41.8 Å². The highest BCUT2D eigenvalue weighted by molar-refractivity contribution is 5.84. The number of nitrogens with one attached hydrogen (secondary N) is 2. The predicted molar refractivity (Wildman–Crippen MR) is 97.1 cm³/mol. The summed E-state index contributed by atoms with van der Waals surface area (Å²) in [7, 11) is 1.92. The topological polar surface area (TPSA) is 62.7 Å². The molecule has 5 nitrogen and oxygen atoms in total. The van der Waals surface area contributed by atoms with Gasteiger partial charge in [0.1, 0.15) is 0 Å². The Bertz CT molecular complexity index is 923. The lowest BCUT2D eigenvalue weighted by molar-refractivity contribution is 0.514. The highest BCUT2D eigenvalue weighted by atomic mass is 16.1. The molecule has 2 aromatic heterocycles. The summed E-state index contributed by atoms with van der Waals surface area (Å²) in [5.41, 5.74) is 5.19. The zero-order chi connectivity index (χ0) is 17.3. The third-order valence-corrected chi connectivity index (χ3v) is 4.53.